The van der Waals surface area contributed by atoms with Crippen LogP contribution in [0.5, 0.6) is 0 Å². The van der Waals surface area contributed by atoms with E-state index in [0.717, 1.165) is 19.0 Å². The molecule has 1 fully saturated rings. The molecule has 1 aliphatic rings. The standard InChI is InChI=1S/C15H28N4/c1-5-10-17-15(16-6-2)18-12-14(4)19-11-8-7-9-13(19)3/h1,13-14H,6-12H2,2-4H3,(H2,16,17,18). The monoisotopic (exact) mass is 264 g/mol. The lowest BCUT2D eigenvalue weighted by molar-refractivity contribution is 0.118. The van der Waals surface area contributed by atoms with Gasteiger partial charge in [0.1, 0.15) is 0 Å². The van der Waals surface area contributed by atoms with E-state index in [0.29, 0.717) is 18.6 Å². The first-order valence-electron chi connectivity index (χ1n) is 7.40. The molecule has 1 heterocycles. The molecular formula is C15H28N4. The van der Waals surface area contributed by atoms with Crippen LogP contribution in [0.3, 0.4) is 0 Å². The van der Waals surface area contributed by atoms with Gasteiger partial charge in [-0.25, -0.2) is 0 Å². The third kappa shape index (κ3) is 5.52. The van der Waals surface area contributed by atoms with Crippen LogP contribution in [-0.4, -0.2) is 49.1 Å². The summed E-state index contributed by atoms with van der Waals surface area (Å²) in [6.45, 7) is 10.0. The number of hydrogen-bond donors (Lipinski definition) is 2. The third-order valence-electron chi connectivity index (χ3n) is 3.64. The lowest BCUT2D eigenvalue weighted by Gasteiger charge is -2.37. The van der Waals surface area contributed by atoms with Crippen molar-refractivity contribution >= 4 is 5.96 Å². The molecular weight excluding hydrogens is 236 g/mol. The van der Waals surface area contributed by atoms with Gasteiger partial charge in [-0.1, -0.05) is 12.3 Å². The minimum absolute atomic E-state index is 0.483. The first-order valence-corrected chi connectivity index (χ1v) is 7.40. The summed E-state index contributed by atoms with van der Waals surface area (Å²) in [4.78, 5) is 7.18. The summed E-state index contributed by atoms with van der Waals surface area (Å²) in [6.07, 6.45) is 9.24. The second-order valence-electron chi connectivity index (χ2n) is 5.21. The predicted octanol–water partition coefficient (Wildman–Crippen LogP) is 1.44. The van der Waals surface area contributed by atoms with E-state index in [2.05, 4.69) is 47.2 Å². The number of likely N-dealkylation sites (tertiary alicyclic amines) is 1. The Morgan fingerprint density at radius 3 is 2.89 bits per heavy atom. The molecule has 0 radical (unpaired) electrons. The molecule has 0 aliphatic carbocycles. The summed E-state index contributed by atoms with van der Waals surface area (Å²) in [5.41, 5.74) is 0. The van der Waals surface area contributed by atoms with Crippen molar-refractivity contribution < 1.29 is 0 Å². The largest absolute Gasteiger partial charge is 0.357 e. The van der Waals surface area contributed by atoms with Gasteiger partial charge in [0.05, 0.1) is 13.1 Å². The van der Waals surface area contributed by atoms with Crippen LogP contribution in [0.25, 0.3) is 0 Å². The highest BCUT2D eigenvalue weighted by Gasteiger charge is 2.22. The maximum atomic E-state index is 5.26. The molecule has 0 bridgehead atoms. The number of rotatable bonds is 5. The topological polar surface area (TPSA) is 39.7 Å². The van der Waals surface area contributed by atoms with Crippen molar-refractivity contribution in [2.45, 2.75) is 52.1 Å². The van der Waals surface area contributed by atoms with E-state index in [1.54, 1.807) is 0 Å². The molecule has 0 saturated carbocycles. The molecule has 19 heavy (non-hydrogen) atoms. The quantitative estimate of drug-likeness (QED) is 0.448. The Kier molecular flexibility index (Phi) is 7.35. The number of terminal acetylenes is 1. The van der Waals surface area contributed by atoms with Gasteiger partial charge in [-0.2, -0.15) is 0 Å². The summed E-state index contributed by atoms with van der Waals surface area (Å²) < 4.78 is 0. The predicted molar refractivity (Wildman–Crippen MR) is 82.3 cm³/mol. The average molecular weight is 264 g/mol. The number of guanidine groups is 1. The van der Waals surface area contributed by atoms with Crippen molar-refractivity contribution in [3.8, 4) is 12.3 Å². The molecule has 0 aromatic carbocycles. The number of piperidine rings is 1. The lowest BCUT2D eigenvalue weighted by atomic mass is 10.0. The fraction of sp³-hybridized carbons (Fsp3) is 0.800. The van der Waals surface area contributed by atoms with Gasteiger partial charge in [-0.15, -0.1) is 6.42 Å². The van der Waals surface area contributed by atoms with Gasteiger partial charge < -0.3 is 10.6 Å². The zero-order chi connectivity index (χ0) is 14.1. The maximum absolute atomic E-state index is 5.26. The van der Waals surface area contributed by atoms with E-state index < -0.39 is 0 Å². The SMILES string of the molecule is C#CCNC(=NCC(C)N1CCCCC1C)NCC. The molecule has 1 saturated heterocycles. The van der Waals surface area contributed by atoms with Crippen LogP contribution in [0.15, 0.2) is 4.99 Å². The minimum Gasteiger partial charge on any atom is -0.357 e. The molecule has 0 spiro atoms. The minimum atomic E-state index is 0.483. The van der Waals surface area contributed by atoms with E-state index in [4.69, 9.17) is 6.42 Å². The van der Waals surface area contributed by atoms with Crippen molar-refractivity contribution in [2.24, 2.45) is 4.99 Å². The number of nitrogens with one attached hydrogen (secondary N) is 2. The number of aliphatic imine (C=N–C) groups is 1. The van der Waals surface area contributed by atoms with Gasteiger partial charge in [0.2, 0.25) is 0 Å². The molecule has 0 aromatic rings. The highest BCUT2D eigenvalue weighted by Crippen LogP contribution is 2.18. The summed E-state index contributed by atoms with van der Waals surface area (Å²) in [6, 6.07) is 1.16. The zero-order valence-corrected chi connectivity index (χ0v) is 12.6. The number of nitrogens with zero attached hydrogens (tertiary/aromatic N) is 2. The molecule has 4 nitrogen and oxygen atoms in total. The molecule has 4 heteroatoms. The third-order valence-corrected chi connectivity index (χ3v) is 3.64. The van der Waals surface area contributed by atoms with Crippen LogP contribution in [0.4, 0.5) is 0 Å². The first kappa shape index (κ1) is 15.8. The van der Waals surface area contributed by atoms with Crippen molar-refractivity contribution in [1.29, 1.82) is 0 Å². The van der Waals surface area contributed by atoms with Crippen LogP contribution in [0, 0.1) is 12.3 Å². The van der Waals surface area contributed by atoms with Crippen LogP contribution in [-0.2, 0) is 0 Å². The van der Waals surface area contributed by atoms with Gasteiger partial charge >= 0.3 is 0 Å². The Bertz CT molecular complexity index is 319. The van der Waals surface area contributed by atoms with Crippen LogP contribution >= 0.6 is 0 Å². The summed E-state index contributed by atoms with van der Waals surface area (Å²) in [5, 5.41) is 6.34. The first-order chi connectivity index (χ1) is 9.19. The Hall–Kier alpha value is -1.21. The van der Waals surface area contributed by atoms with Gasteiger partial charge in [0.15, 0.2) is 5.96 Å². The van der Waals surface area contributed by atoms with Crippen LogP contribution in [0.2, 0.25) is 0 Å². The fourth-order valence-corrected chi connectivity index (χ4v) is 2.58. The molecule has 1 aliphatic heterocycles. The van der Waals surface area contributed by atoms with Crippen LogP contribution < -0.4 is 10.6 Å². The van der Waals surface area contributed by atoms with Crippen molar-refractivity contribution in [3.05, 3.63) is 0 Å². The van der Waals surface area contributed by atoms with E-state index in [1.165, 1.54) is 25.8 Å². The smallest absolute Gasteiger partial charge is 0.192 e. The van der Waals surface area contributed by atoms with Gasteiger partial charge in [-0.3, -0.25) is 9.89 Å². The van der Waals surface area contributed by atoms with Crippen molar-refractivity contribution in [2.75, 3.05) is 26.2 Å². The van der Waals surface area contributed by atoms with Crippen molar-refractivity contribution in [1.82, 2.24) is 15.5 Å². The zero-order valence-electron chi connectivity index (χ0n) is 12.6. The fourth-order valence-electron chi connectivity index (χ4n) is 2.58. The summed E-state index contributed by atoms with van der Waals surface area (Å²) >= 11 is 0. The Labute approximate surface area is 118 Å². The summed E-state index contributed by atoms with van der Waals surface area (Å²) in [7, 11) is 0. The molecule has 108 valence electrons. The highest BCUT2D eigenvalue weighted by molar-refractivity contribution is 5.79. The lowest BCUT2D eigenvalue weighted by Crippen LogP contribution is -2.45. The van der Waals surface area contributed by atoms with E-state index in [-0.39, 0.29) is 0 Å². The van der Waals surface area contributed by atoms with Gasteiger partial charge in [0, 0.05) is 18.6 Å². The molecule has 2 unspecified atom stereocenters. The van der Waals surface area contributed by atoms with Gasteiger partial charge in [0.25, 0.3) is 0 Å². The Morgan fingerprint density at radius 2 is 2.26 bits per heavy atom. The van der Waals surface area contributed by atoms with Crippen LogP contribution in [0.1, 0.15) is 40.0 Å². The van der Waals surface area contributed by atoms with E-state index >= 15 is 0 Å². The van der Waals surface area contributed by atoms with Gasteiger partial charge in [-0.05, 0) is 40.2 Å². The van der Waals surface area contributed by atoms with Crippen molar-refractivity contribution in [3.63, 3.8) is 0 Å². The average Bonchev–Trinajstić information content (AvgIpc) is 2.42. The molecule has 1 rings (SSSR count). The van der Waals surface area contributed by atoms with E-state index in [1.807, 2.05) is 0 Å². The maximum Gasteiger partial charge on any atom is 0.192 e. The molecule has 0 amide bonds. The normalized spacial score (nSPS) is 22.6. The molecule has 0 aromatic heterocycles. The molecule has 2 atom stereocenters. The number of hydrogen-bond acceptors (Lipinski definition) is 2. The Morgan fingerprint density at radius 1 is 1.47 bits per heavy atom. The second-order valence-corrected chi connectivity index (χ2v) is 5.21. The molecule has 2 N–H and O–H groups in total. The second kappa shape index (κ2) is 8.82. The Balaban J connectivity index is 2.48. The highest BCUT2D eigenvalue weighted by atomic mass is 15.2. The summed E-state index contributed by atoms with van der Waals surface area (Å²) in [5.74, 6) is 3.39. The van der Waals surface area contributed by atoms with E-state index in [9.17, 15) is 0 Å².